The molecule has 1 spiro atoms. The highest BCUT2D eigenvalue weighted by Gasteiger charge is 2.74. The number of rotatable bonds is 0. The van der Waals surface area contributed by atoms with E-state index in [0.29, 0.717) is 24.7 Å². The molecular weight excluding hydrogens is 320 g/mol. The maximum atomic E-state index is 13.3. The second-order valence-electron chi connectivity index (χ2n) is 10.5. The predicted molar refractivity (Wildman–Crippen MR) is 88.3 cm³/mol. The maximum absolute atomic E-state index is 13.3. The fraction of sp³-hybridized carbons (Fsp3) is 0.900. The van der Waals surface area contributed by atoms with Crippen LogP contribution >= 0.6 is 0 Å². The molecule has 1 heterocycles. The zero-order chi connectivity index (χ0) is 18.0. The topological polar surface area (TPSA) is 72.8 Å². The minimum atomic E-state index is -1.52. The van der Waals surface area contributed by atoms with E-state index in [1.807, 2.05) is 0 Å². The van der Waals surface area contributed by atoms with Crippen molar-refractivity contribution in [2.24, 2.45) is 34.5 Å². The summed E-state index contributed by atoms with van der Waals surface area (Å²) in [7, 11) is 0. The number of ketones is 2. The quantitative estimate of drug-likeness (QED) is 0.681. The lowest BCUT2D eigenvalue weighted by molar-refractivity contribution is -0.423. The minimum Gasteiger partial charge on any atom is -0.379 e. The van der Waals surface area contributed by atoms with Gasteiger partial charge in [-0.3, -0.25) is 9.59 Å². The summed E-state index contributed by atoms with van der Waals surface area (Å²) in [6, 6.07) is 0. The average molecular weight is 348 g/mol. The molecule has 138 valence electrons. The molecule has 6 saturated carbocycles. The van der Waals surface area contributed by atoms with Gasteiger partial charge in [-0.1, -0.05) is 27.7 Å². The molecule has 25 heavy (non-hydrogen) atoms. The van der Waals surface area contributed by atoms with Crippen LogP contribution in [0.3, 0.4) is 0 Å². The van der Waals surface area contributed by atoms with E-state index in [1.165, 1.54) is 0 Å². The molecule has 5 heteroatoms. The highest BCUT2D eigenvalue weighted by molar-refractivity contribution is 5.98. The number of hydrogen-bond acceptors (Lipinski definition) is 5. The van der Waals surface area contributed by atoms with E-state index in [2.05, 4.69) is 27.7 Å². The number of fused-ring (bicyclic) bond motifs is 1. The first kappa shape index (κ1) is 16.4. The molecule has 7 rings (SSSR count). The summed E-state index contributed by atoms with van der Waals surface area (Å²) in [6.07, 6.45) is 2.12. The van der Waals surface area contributed by atoms with Crippen molar-refractivity contribution in [1.29, 1.82) is 0 Å². The molecule has 1 saturated heterocycles. The molecule has 7 aliphatic rings. The van der Waals surface area contributed by atoms with Crippen molar-refractivity contribution in [2.75, 3.05) is 0 Å². The lowest BCUT2D eigenvalue weighted by Gasteiger charge is -2.64. The fourth-order valence-electron chi connectivity index (χ4n) is 6.94. The van der Waals surface area contributed by atoms with Crippen molar-refractivity contribution < 1.29 is 24.5 Å². The zero-order valence-corrected chi connectivity index (χ0v) is 15.5. The van der Waals surface area contributed by atoms with Gasteiger partial charge in [0.1, 0.15) is 6.10 Å². The first-order valence-electron chi connectivity index (χ1n) is 9.68. The van der Waals surface area contributed by atoms with Gasteiger partial charge in [-0.2, -0.15) is 0 Å². The molecule has 1 aliphatic heterocycles. The molecule has 0 unspecified atom stereocenters. The van der Waals surface area contributed by atoms with Gasteiger partial charge in [0.15, 0.2) is 22.8 Å². The largest absolute Gasteiger partial charge is 0.379 e. The van der Waals surface area contributed by atoms with Crippen LogP contribution in [-0.2, 0) is 19.4 Å². The van der Waals surface area contributed by atoms with Crippen LogP contribution in [-0.4, -0.2) is 34.0 Å². The first-order valence-corrected chi connectivity index (χ1v) is 9.68. The molecule has 6 aliphatic carbocycles. The van der Waals surface area contributed by atoms with Crippen LogP contribution in [0.2, 0.25) is 0 Å². The van der Waals surface area contributed by atoms with Gasteiger partial charge in [-0.25, -0.2) is 9.78 Å². The number of carbonyl (C=O) groups excluding carboxylic acids is 2. The molecule has 0 aromatic carbocycles. The van der Waals surface area contributed by atoms with E-state index in [1.54, 1.807) is 0 Å². The highest BCUT2D eigenvalue weighted by atomic mass is 17.2. The molecule has 1 N–H and O–H groups in total. The molecule has 0 aromatic heterocycles. The van der Waals surface area contributed by atoms with Crippen LogP contribution in [0.25, 0.3) is 0 Å². The van der Waals surface area contributed by atoms with E-state index < -0.39 is 17.3 Å². The van der Waals surface area contributed by atoms with Gasteiger partial charge in [-0.15, -0.1) is 0 Å². The van der Waals surface area contributed by atoms with Gasteiger partial charge in [0.05, 0.1) is 0 Å². The Hall–Kier alpha value is -0.780. The monoisotopic (exact) mass is 348 g/mol. The summed E-state index contributed by atoms with van der Waals surface area (Å²) >= 11 is 0. The number of aliphatic hydroxyl groups is 1. The van der Waals surface area contributed by atoms with Crippen molar-refractivity contribution in [3.63, 3.8) is 0 Å². The summed E-state index contributed by atoms with van der Waals surface area (Å²) in [5.41, 5.74) is -2.82. The first-order chi connectivity index (χ1) is 11.5. The highest BCUT2D eigenvalue weighted by Crippen LogP contribution is 2.67. The standard InChI is InChI=1S/C20H28O5/c1-17(2)10-5-12(17)19(14(21)7-10)9-15(22)20(23)13-6-11(18(13,3)4)8-16(20)24-25-19/h10-13,16,23H,5-9H2,1-4H3/t10-,11-,12-,13-,16+,19-,20-/m0/s1. The molecule has 7 atom stereocenters. The van der Waals surface area contributed by atoms with Crippen molar-refractivity contribution in [3.05, 3.63) is 0 Å². The fourth-order valence-corrected chi connectivity index (χ4v) is 6.94. The average Bonchev–Trinajstić information content (AvgIpc) is 2.65. The third kappa shape index (κ3) is 1.62. The Labute approximate surface area is 148 Å². The summed E-state index contributed by atoms with van der Waals surface area (Å²) in [5.74, 6) is 0.406. The third-order valence-corrected chi connectivity index (χ3v) is 9.11. The van der Waals surface area contributed by atoms with Gasteiger partial charge in [0.2, 0.25) is 0 Å². The molecule has 5 nitrogen and oxygen atoms in total. The lowest BCUT2D eigenvalue weighted by Crippen LogP contribution is -2.71. The zero-order valence-electron chi connectivity index (χ0n) is 15.5. The molecular formula is C20H28O5. The third-order valence-electron chi connectivity index (χ3n) is 9.11. The number of Topliss-reactive ketones (excluding diaryl/α,β-unsaturated/α-hetero) is 2. The maximum Gasteiger partial charge on any atom is 0.172 e. The normalized spacial score (nSPS) is 55.0. The Morgan fingerprint density at radius 2 is 1.56 bits per heavy atom. The Kier molecular flexibility index (Phi) is 2.87. The molecule has 0 amide bonds. The smallest absolute Gasteiger partial charge is 0.172 e. The Morgan fingerprint density at radius 3 is 2.20 bits per heavy atom. The van der Waals surface area contributed by atoms with Gasteiger partial charge in [0.25, 0.3) is 0 Å². The molecule has 4 bridgehead atoms. The van der Waals surface area contributed by atoms with E-state index in [0.717, 1.165) is 12.8 Å². The molecule has 7 fully saturated rings. The molecule has 0 radical (unpaired) electrons. The van der Waals surface area contributed by atoms with Gasteiger partial charge >= 0.3 is 0 Å². The van der Waals surface area contributed by atoms with Crippen LogP contribution in [0.5, 0.6) is 0 Å². The van der Waals surface area contributed by atoms with E-state index in [-0.39, 0.29) is 40.7 Å². The van der Waals surface area contributed by atoms with Crippen LogP contribution in [0.15, 0.2) is 0 Å². The van der Waals surface area contributed by atoms with Crippen molar-refractivity contribution >= 4 is 11.6 Å². The van der Waals surface area contributed by atoms with E-state index >= 15 is 0 Å². The van der Waals surface area contributed by atoms with Gasteiger partial charge < -0.3 is 5.11 Å². The van der Waals surface area contributed by atoms with E-state index in [4.69, 9.17) is 9.78 Å². The Balaban J connectivity index is 1.54. The number of carbonyl (C=O) groups is 2. The Morgan fingerprint density at radius 1 is 0.920 bits per heavy atom. The van der Waals surface area contributed by atoms with Crippen molar-refractivity contribution in [1.82, 2.24) is 0 Å². The summed E-state index contributed by atoms with van der Waals surface area (Å²) in [6.45, 7) is 8.56. The van der Waals surface area contributed by atoms with Gasteiger partial charge in [0, 0.05) is 24.7 Å². The van der Waals surface area contributed by atoms with Crippen LogP contribution in [0, 0.1) is 34.5 Å². The van der Waals surface area contributed by atoms with Gasteiger partial charge in [-0.05, 0) is 41.9 Å². The van der Waals surface area contributed by atoms with Crippen molar-refractivity contribution in [3.8, 4) is 0 Å². The van der Waals surface area contributed by atoms with Crippen LogP contribution < -0.4 is 0 Å². The lowest BCUT2D eigenvalue weighted by atomic mass is 9.41. The van der Waals surface area contributed by atoms with Crippen LogP contribution in [0.1, 0.15) is 59.8 Å². The Bertz CT molecular complexity index is 682. The summed E-state index contributed by atoms with van der Waals surface area (Å²) < 4.78 is 0. The molecule has 0 aromatic rings. The summed E-state index contributed by atoms with van der Waals surface area (Å²) in [4.78, 5) is 37.8. The minimum absolute atomic E-state index is 0.0121. The van der Waals surface area contributed by atoms with E-state index in [9.17, 15) is 14.7 Å². The van der Waals surface area contributed by atoms with Crippen LogP contribution in [0.4, 0.5) is 0 Å². The predicted octanol–water partition coefficient (Wildman–Crippen LogP) is 2.45. The second-order valence-corrected chi connectivity index (χ2v) is 10.5. The van der Waals surface area contributed by atoms with Crippen molar-refractivity contribution in [2.45, 2.75) is 77.1 Å². The number of hydrogen-bond donors (Lipinski definition) is 1. The second kappa shape index (κ2) is 4.37. The summed E-state index contributed by atoms with van der Waals surface area (Å²) in [5, 5.41) is 11.4. The SMILES string of the molecule is CC1(C)[C@@H]2C[C@H]3OO[C@]4(CC(=O)[C@@]3(O)[C@H]1C2)C(=O)C[C@@H]1C[C@H]4C1(C)C.